The smallest absolute Gasteiger partial charge is 0.225 e. The predicted molar refractivity (Wildman–Crippen MR) is 142 cm³/mol. The van der Waals surface area contributed by atoms with Gasteiger partial charge in [0.05, 0.1) is 0 Å². The zero-order valence-corrected chi connectivity index (χ0v) is 22.0. The van der Waals surface area contributed by atoms with Crippen molar-refractivity contribution >= 4 is 29.1 Å². The maximum Gasteiger partial charge on any atom is 0.225 e. The molecule has 2 aromatic carbocycles. The Morgan fingerprint density at radius 2 is 1.35 bits per heavy atom. The molecule has 1 aliphatic heterocycles. The van der Waals surface area contributed by atoms with Crippen molar-refractivity contribution in [1.82, 2.24) is 9.80 Å². The third kappa shape index (κ3) is 7.98. The molecule has 1 amide bonds. The van der Waals surface area contributed by atoms with Crippen molar-refractivity contribution in [1.29, 1.82) is 0 Å². The van der Waals surface area contributed by atoms with E-state index in [9.17, 15) is 4.79 Å². The van der Waals surface area contributed by atoms with Crippen LogP contribution in [0.2, 0.25) is 10.0 Å². The van der Waals surface area contributed by atoms with Crippen LogP contribution in [0.25, 0.3) is 0 Å². The van der Waals surface area contributed by atoms with Gasteiger partial charge in [-0.3, -0.25) is 9.69 Å². The zero-order valence-electron chi connectivity index (χ0n) is 20.5. The molecule has 1 fully saturated rings. The van der Waals surface area contributed by atoms with Gasteiger partial charge in [0.2, 0.25) is 5.91 Å². The molecule has 0 aliphatic carbocycles. The number of ether oxygens (including phenoxy) is 1. The molecule has 0 bridgehead atoms. The largest absolute Gasteiger partial charge is 0.369 e. The summed E-state index contributed by atoms with van der Waals surface area (Å²) in [5, 5.41) is 1.43. The third-order valence-electron chi connectivity index (χ3n) is 6.56. The summed E-state index contributed by atoms with van der Waals surface area (Å²) in [5.74, 6) is 0.563. The fourth-order valence-electron chi connectivity index (χ4n) is 4.69. The van der Waals surface area contributed by atoms with Crippen molar-refractivity contribution in [2.24, 2.45) is 5.92 Å². The number of piperazine rings is 1. The molecule has 186 valence electrons. The first-order valence-electron chi connectivity index (χ1n) is 12.7. The second-order valence-corrected chi connectivity index (χ2v) is 10.0. The number of hydrogen-bond acceptors (Lipinski definition) is 3. The lowest BCUT2D eigenvalue weighted by molar-refractivity contribution is -0.137. The first kappa shape index (κ1) is 27.0. The third-order valence-corrected chi connectivity index (χ3v) is 7.06. The van der Waals surface area contributed by atoms with E-state index >= 15 is 0 Å². The fourth-order valence-corrected chi connectivity index (χ4v) is 4.94. The van der Waals surface area contributed by atoms with Crippen LogP contribution in [0.5, 0.6) is 0 Å². The molecule has 0 unspecified atom stereocenters. The number of nitrogens with zero attached hydrogens (tertiary/aromatic N) is 2. The Balaban J connectivity index is 1.47. The zero-order chi connectivity index (χ0) is 24.3. The molecule has 4 nitrogen and oxygen atoms in total. The molecule has 1 aliphatic rings. The van der Waals surface area contributed by atoms with E-state index in [0.717, 1.165) is 76.0 Å². The Bertz CT molecular complexity index is 813. The van der Waals surface area contributed by atoms with Crippen molar-refractivity contribution in [3.63, 3.8) is 0 Å². The first-order chi connectivity index (χ1) is 16.5. The average Bonchev–Trinajstić information content (AvgIpc) is 2.85. The van der Waals surface area contributed by atoms with Crippen LogP contribution < -0.4 is 0 Å². The van der Waals surface area contributed by atoms with Crippen LogP contribution in [-0.2, 0) is 9.53 Å². The molecule has 1 saturated heterocycles. The van der Waals surface area contributed by atoms with E-state index in [1.54, 1.807) is 0 Å². The van der Waals surface area contributed by atoms with Crippen molar-refractivity contribution in [2.75, 3.05) is 39.3 Å². The average molecular weight is 506 g/mol. The minimum atomic E-state index is -0.155. The molecule has 2 aromatic rings. The van der Waals surface area contributed by atoms with Crippen molar-refractivity contribution in [2.45, 2.75) is 52.1 Å². The van der Waals surface area contributed by atoms with Crippen LogP contribution in [0, 0.1) is 5.92 Å². The van der Waals surface area contributed by atoms with Gasteiger partial charge in [-0.1, -0.05) is 74.2 Å². The molecule has 6 heteroatoms. The minimum absolute atomic E-state index is 0.155. The van der Waals surface area contributed by atoms with Crippen LogP contribution in [-0.4, -0.2) is 55.0 Å². The SMILES string of the molecule is CCCC(CCC)C(=O)N1CCN(CCCOC(c2ccc(Cl)cc2)c2ccc(Cl)cc2)CC1. The molecule has 34 heavy (non-hydrogen) atoms. The Labute approximate surface area is 215 Å². The molecular weight excluding hydrogens is 467 g/mol. The Hall–Kier alpha value is -1.59. The first-order valence-corrected chi connectivity index (χ1v) is 13.4. The van der Waals surface area contributed by atoms with E-state index in [4.69, 9.17) is 27.9 Å². The van der Waals surface area contributed by atoms with E-state index in [1.165, 1.54) is 0 Å². The molecular formula is C28H38Cl2N2O2. The highest BCUT2D eigenvalue weighted by Crippen LogP contribution is 2.28. The van der Waals surface area contributed by atoms with E-state index in [0.29, 0.717) is 22.6 Å². The standard InChI is InChI=1S/C28H38Cl2N2O2/c1-3-6-24(7-4-2)28(33)32-19-17-31(18-20-32)16-5-21-34-27(22-8-12-25(29)13-9-22)23-10-14-26(30)15-11-23/h8-15,24,27H,3-7,16-21H2,1-2H3. The van der Waals surface area contributed by atoms with Gasteiger partial charge in [-0.05, 0) is 54.7 Å². The van der Waals surface area contributed by atoms with E-state index < -0.39 is 0 Å². The summed E-state index contributed by atoms with van der Waals surface area (Å²) in [6.07, 6.45) is 4.95. The number of rotatable bonds is 12. The van der Waals surface area contributed by atoms with E-state index in [2.05, 4.69) is 23.6 Å². The van der Waals surface area contributed by atoms with Crippen molar-refractivity contribution < 1.29 is 9.53 Å². The molecule has 3 rings (SSSR count). The van der Waals surface area contributed by atoms with E-state index in [-0.39, 0.29) is 12.0 Å². The fraction of sp³-hybridized carbons (Fsp3) is 0.536. The molecule has 0 saturated carbocycles. The number of hydrogen-bond donors (Lipinski definition) is 0. The van der Waals surface area contributed by atoms with Crippen LogP contribution in [0.15, 0.2) is 48.5 Å². The molecule has 0 N–H and O–H groups in total. The Morgan fingerprint density at radius 3 is 1.82 bits per heavy atom. The summed E-state index contributed by atoms with van der Waals surface area (Å²) in [7, 11) is 0. The van der Waals surface area contributed by atoms with Crippen molar-refractivity contribution in [3.8, 4) is 0 Å². The Morgan fingerprint density at radius 1 is 0.853 bits per heavy atom. The monoisotopic (exact) mass is 504 g/mol. The highest BCUT2D eigenvalue weighted by Gasteiger charge is 2.26. The highest BCUT2D eigenvalue weighted by atomic mass is 35.5. The summed E-state index contributed by atoms with van der Waals surface area (Å²) in [6, 6.07) is 15.7. The summed E-state index contributed by atoms with van der Waals surface area (Å²) < 4.78 is 6.35. The summed E-state index contributed by atoms with van der Waals surface area (Å²) >= 11 is 12.2. The number of halogens is 2. The second-order valence-electron chi connectivity index (χ2n) is 9.15. The number of carbonyl (C=O) groups excluding carboxylic acids is 1. The van der Waals surface area contributed by atoms with Gasteiger partial charge in [-0.25, -0.2) is 0 Å². The quantitative estimate of drug-likeness (QED) is 0.296. The van der Waals surface area contributed by atoms with Gasteiger partial charge in [-0.2, -0.15) is 0 Å². The summed E-state index contributed by atoms with van der Waals surface area (Å²) in [6.45, 7) is 9.51. The molecule has 1 heterocycles. The number of amides is 1. The van der Waals surface area contributed by atoms with E-state index in [1.807, 2.05) is 48.5 Å². The van der Waals surface area contributed by atoms with Gasteiger partial charge in [0.1, 0.15) is 6.10 Å². The number of benzene rings is 2. The van der Waals surface area contributed by atoms with Gasteiger partial charge < -0.3 is 9.64 Å². The minimum Gasteiger partial charge on any atom is -0.369 e. The van der Waals surface area contributed by atoms with Gasteiger partial charge in [0.25, 0.3) is 0 Å². The topological polar surface area (TPSA) is 32.8 Å². The second kappa shape index (κ2) is 14.1. The van der Waals surface area contributed by atoms with Gasteiger partial charge in [-0.15, -0.1) is 0 Å². The van der Waals surface area contributed by atoms with Crippen LogP contribution in [0.4, 0.5) is 0 Å². The molecule has 0 atom stereocenters. The van der Waals surface area contributed by atoms with Crippen LogP contribution in [0.1, 0.15) is 63.2 Å². The maximum absolute atomic E-state index is 12.9. The lowest BCUT2D eigenvalue weighted by Crippen LogP contribution is -2.50. The van der Waals surface area contributed by atoms with Crippen molar-refractivity contribution in [3.05, 3.63) is 69.7 Å². The molecule has 0 radical (unpaired) electrons. The van der Waals surface area contributed by atoms with Gasteiger partial charge in [0.15, 0.2) is 0 Å². The summed E-state index contributed by atoms with van der Waals surface area (Å²) in [4.78, 5) is 17.4. The normalized spacial score (nSPS) is 14.8. The summed E-state index contributed by atoms with van der Waals surface area (Å²) in [5.41, 5.74) is 2.15. The highest BCUT2D eigenvalue weighted by molar-refractivity contribution is 6.30. The van der Waals surface area contributed by atoms with Crippen LogP contribution >= 0.6 is 23.2 Å². The predicted octanol–water partition coefficient (Wildman–Crippen LogP) is 6.85. The van der Waals surface area contributed by atoms with Gasteiger partial charge in [0, 0.05) is 55.3 Å². The lowest BCUT2D eigenvalue weighted by Gasteiger charge is -2.36. The lowest BCUT2D eigenvalue weighted by atomic mass is 9.96. The molecule has 0 spiro atoms. The Kier molecular flexibility index (Phi) is 11.2. The maximum atomic E-state index is 12.9. The van der Waals surface area contributed by atoms with Crippen LogP contribution in [0.3, 0.4) is 0 Å². The van der Waals surface area contributed by atoms with Gasteiger partial charge >= 0.3 is 0 Å². The molecule has 0 aromatic heterocycles. The number of carbonyl (C=O) groups is 1.